The van der Waals surface area contributed by atoms with Crippen molar-refractivity contribution in [3.05, 3.63) is 109 Å². The number of halogens is 1. The fourth-order valence-corrected chi connectivity index (χ4v) is 3.17. The molecule has 0 aliphatic carbocycles. The van der Waals surface area contributed by atoms with Crippen LogP contribution in [0.15, 0.2) is 72.4 Å². The Hall–Kier alpha value is -4.77. The largest absolute Gasteiger partial charge is 0.496 e. The molecule has 0 aliphatic heterocycles. The van der Waals surface area contributed by atoms with Gasteiger partial charge in [0.25, 0.3) is 23.2 Å². The fourth-order valence-electron chi connectivity index (χ4n) is 3.00. The molecule has 0 fully saturated rings. The van der Waals surface area contributed by atoms with E-state index in [1.54, 1.807) is 0 Å². The van der Waals surface area contributed by atoms with E-state index in [1.165, 1.54) is 73.8 Å². The minimum atomic E-state index is -0.827. The number of carbonyl (C=O) groups excluding carboxylic acids is 2. The van der Waals surface area contributed by atoms with Crippen molar-refractivity contribution >= 4 is 46.6 Å². The van der Waals surface area contributed by atoms with Crippen LogP contribution in [0.2, 0.25) is 5.02 Å². The minimum Gasteiger partial charge on any atom is -0.496 e. The highest BCUT2D eigenvalue weighted by atomic mass is 35.5. The summed E-state index contributed by atoms with van der Waals surface area (Å²) in [6.07, 6.45) is 1.23. The summed E-state index contributed by atoms with van der Waals surface area (Å²) in [6, 6.07) is 15.0. The number of rotatable bonds is 8. The number of methoxy groups -OCH3 is 1. The van der Waals surface area contributed by atoms with Gasteiger partial charge in [-0.15, -0.1) is 0 Å². The van der Waals surface area contributed by atoms with E-state index in [4.69, 9.17) is 16.3 Å². The Morgan fingerprint density at radius 1 is 0.943 bits per heavy atom. The standard InChI is InChI=1S/C23H17ClN4O7/c1-35-21-9-8-15(24)12-19(21)22(29)26-20(11-14-4-2-6-17(10-14)27(31)32)23(30)25-16-5-3-7-18(13-16)28(33)34/h2-13H,1H3,(H,25,30)(H,26,29). The van der Waals surface area contributed by atoms with Crippen molar-refractivity contribution in [3.63, 3.8) is 0 Å². The zero-order valence-electron chi connectivity index (χ0n) is 18.1. The lowest BCUT2D eigenvalue weighted by atomic mass is 10.1. The van der Waals surface area contributed by atoms with E-state index in [-0.39, 0.29) is 44.7 Å². The first kappa shape index (κ1) is 24.9. The fraction of sp³-hybridized carbons (Fsp3) is 0.0435. The Morgan fingerprint density at radius 3 is 2.26 bits per heavy atom. The first-order chi connectivity index (χ1) is 16.7. The van der Waals surface area contributed by atoms with Crippen molar-refractivity contribution < 1.29 is 24.2 Å². The molecule has 0 saturated heterocycles. The van der Waals surface area contributed by atoms with Crippen LogP contribution in [0.5, 0.6) is 5.75 Å². The zero-order valence-corrected chi connectivity index (χ0v) is 18.8. The van der Waals surface area contributed by atoms with Crippen molar-refractivity contribution in [1.82, 2.24) is 5.32 Å². The molecule has 178 valence electrons. The summed E-state index contributed by atoms with van der Waals surface area (Å²) in [6.45, 7) is 0. The van der Waals surface area contributed by atoms with E-state index < -0.39 is 21.7 Å². The molecule has 0 unspecified atom stereocenters. The average molecular weight is 497 g/mol. The summed E-state index contributed by atoms with van der Waals surface area (Å²) in [5, 5.41) is 27.3. The highest BCUT2D eigenvalue weighted by Gasteiger charge is 2.19. The van der Waals surface area contributed by atoms with Crippen LogP contribution in [0.4, 0.5) is 17.1 Å². The Kier molecular flexibility index (Phi) is 7.74. The third-order valence-corrected chi connectivity index (χ3v) is 4.84. The van der Waals surface area contributed by atoms with Crippen LogP contribution >= 0.6 is 11.6 Å². The topological polar surface area (TPSA) is 154 Å². The van der Waals surface area contributed by atoms with Crippen molar-refractivity contribution in [2.45, 2.75) is 0 Å². The number of hydrogen-bond acceptors (Lipinski definition) is 7. The van der Waals surface area contributed by atoms with E-state index >= 15 is 0 Å². The highest BCUT2D eigenvalue weighted by molar-refractivity contribution is 6.31. The maximum atomic E-state index is 13.1. The van der Waals surface area contributed by atoms with Gasteiger partial charge in [-0.1, -0.05) is 29.8 Å². The number of nitrogens with one attached hydrogen (secondary N) is 2. The first-order valence-corrected chi connectivity index (χ1v) is 10.2. The summed E-state index contributed by atoms with van der Waals surface area (Å²) in [7, 11) is 1.36. The van der Waals surface area contributed by atoms with Crippen molar-refractivity contribution in [2.75, 3.05) is 12.4 Å². The Labute approximate surface area is 203 Å². The van der Waals surface area contributed by atoms with Gasteiger partial charge in [0.05, 0.1) is 22.5 Å². The molecule has 0 heterocycles. The molecular formula is C23H17ClN4O7. The molecule has 11 nitrogen and oxygen atoms in total. The molecule has 3 aromatic carbocycles. The number of nitrogens with zero attached hydrogens (tertiary/aromatic N) is 2. The average Bonchev–Trinajstić information content (AvgIpc) is 2.83. The SMILES string of the molecule is COc1ccc(Cl)cc1C(=O)NC(=Cc1cccc([N+](=O)[O-])c1)C(=O)Nc1cccc([N+](=O)[O-])c1. The summed E-state index contributed by atoms with van der Waals surface area (Å²) >= 11 is 5.99. The van der Waals surface area contributed by atoms with Gasteiger partial charge in [-0.2, -0.15) is 0 Å². The van der Waals surface area contributed by atoms with Gasteiger partial charge in [-0.05, 0) is 35.9 Å². The van der Waals surface area contributed by atoms with Gasteiger partial charge in [0.2, 0.25) is 0 Å². The lowest BCUT2D eigenvalue weighted by Crippen LogP contribution is -2.31. The molecule has 0 aliphatic rings. The van der Waals surface area contributed by atoms with Gasteiger partial charge in [0.15, 0.2) is 0 Å². The highest BCUT2D eigenvalue weighted by Crippen LogP contribution is 2.24. The maximum Gasteiger partial charge on any atom is 0.272 e. The molecule has 2 amide bonds. The van der Waals surface area contributed by atoms with E-state index in [9.17, 15) is 29.8 Å². The van der Waals surface area contributed by atoms with Crippen LogP contribution in [0.25, 0.3) is 6.08 Å². The number of benzene rings is 3. The predicted octanol–water partition coefficient (Wildman–Crippen LogP) is 4.57. The molecule has 35 heavy (non-hydrogen) atoms. The second-order valence-electron chi connectivity index (χ2n) is 6.97. The normalized spacial score (nSPS) is 10.9. The molecule has 12 heteroatoms. The van der Waals surface area contributed by atoms with Gasteiger partial charge < -0.3 is 15.4 Å². The van der Waals surface area contributed by atoms with Crippen LogP contribution in [-0.4, -0.2) is 28.8 Å². The quantitative estimate of drug-likeness (QED) is 0.263. The molecule has 0 bridgehead atoms. The van der Waals surface area contributed by atoms with Gasteiger partial charge in [0.1, 0.15) is 11.4 Å². The predicted molar refractivity (Wildman–Crippen MR) is 128 cm³/mol. The number of hydrogen-bond donors (Lipinski definition) is 2. The van der Waals surface area contributed by atoms with Crippen LogP contribution < -0.4 is 15.4 Å². The number of nitro benzene ring substituents is 2. The number of non-ortho nitro benzene ring substituents is 2. The Morgan fingerprint density at radius 2 is 1.60 bits per heavy atom. The minimum absolute atomic E-state index is 0.0353. The summed E-state index contributed by atoms with van der Waals surface area (Å²) in [5.74, 6) is -1.37. The first-order valence-electron chi connectivity index (χ1n) is 9.85. The Balaban J connectivity index is 1.99. The summed E-state index contributed by atoms with van der Waals surface area (Å²) in [5.41, 5.74) is -0.373. The number of anilines is 1. The second-order valence-corrected chi connectivity index (χ2v) is 7.41. The smallest absolute Gasteiger partial charge is 0.272 e. The van der Waals surface area contributed by atoms with Crippen LogP contribution in [0.1, 0.15) is 15.9 Å². The van der Waals surface area contributed by atoms with Crippen molar-refractivity contribution in [3.8, 4) is 5.75 Å². The molecule has 0 radical (unpaired) electrons. The molecular weight excluding hydrogens is 480 g/mol. The number of ether oxygens (including phenoxy) is 1. The van der Waals surface area contributed by atoms with Crippen molar-refractivity contribution in [1.29, 1.82) is 0 Å². The van der Waals surface area contributed by atoms with Gasteiger partial charge in [0, 0.05) is 35.0 Å². The molecule has 0 saturated carbocycles. The van der Waals surface area contributed by atoms with Crippen molar-refractivity contribution in [2.24, 2.45) is 0 Å². The second kappa shape index (κ2) is 10.9. The summed E-state index contributed by atoms with van der Waals surface area (Å²) < 4.78 is 5.18. The number of carbonyl (C=O) groups is 2. The molecule has 0 spiro atoms. The molecule has 3 rings (SSSR count). The van der Waals surface area contributed by atoms with E-state index in [0.717, 1.165) is 6.07 Å². The lowest BCUT2D eigenvalue weighted by Gasteiger charge is -2.13. The number of nitro groups is 2. The molecule has 2 N–H and O–H groups in total. The molecule has 3 aromatic rings. The summed E-state index contributed by atoms with van der Waals surface area (Å²) in [4.78, 5) is 47.0. The third kappa shape index (κ3) is 6.39. The lowest BCUT2D eigenvalue weighted by molar-refractivity contribution is -0.385. The van der Waals surface area contributed by atoms with E-state index in [1.807, 2.05) is 0 Å². The van der Waals surface area contributed by atoms with Gasteiger partial charge in [-0.3, -0.25) is 29.8 Å². The maximum absolute atomic E-state index is 13.1. The Bertz CT molecular complexity index is 1360. The van der Waals surface area contributed by atoms with E-state index in [2.05, 4.69) is 10.6 Å². The molecule has 0 aromatic heterocycles. The van der Waals surface area contributed by atoms with Crippen LogP contribution in [-0.2, 0) is 4.79 Å². The van der Waals surface area contributed by atoms with Gasteiger partial charge >= 0.3 is 0 Å². The molecule has 0 atom stereocenters. The third-order valence-electron chi connectivity index (χ3n) is 4.61. The zero-order chi connectivity index (χ0) is 25.5. The van der Waals surface area contributed by atoms with Crippen LogP contribution in [0.3, 0.4) is 0 Å². The van der Waals surface area contributed by atoms with Crippen LogP contribution in [0, 0.1) is 20.2 Å². The monoisotopic (exact) mass is 496 g/mol. The number of amides is 2. The van der Waals surface area contributed by atoms with Gasteiger partial charge in [-0.25, -0.2) is 0 Å². The van der Waals surface area contributed by atoms with E-state index in [0.29, 0.717) is 0 Å².